The van der Waals surface area contributed by atoms with E-state index >= 15 is 0 Å². The van der Waals surface area contributed by atoms with Gasteiger partial charge in [-0.3, -0.25) is 24.1 Å². The number of fused-ring (bicyclic) bond motifs is 1. The molecule has 14 atom stereocenters. The van der Waals surface area contributed by atoms with Crippen LogP contribution < -0.4 is 11.1 Å². The number of ketones is 1. The van der Waals surface area contributed by atoms with Crippen molar-refractivity contribution in [2.75, 3.05) is 45.3 Å². The van der Waals surface area contributed by atoms with Crippen LogP contribution in [0.5, 0.6) is 0 Å². The second-order valence-electron chi connectivity index (χ2n) is 18.9. The molecule has 5 heterocycles. The summed E-state index contributed by atoms with van der Waals surface area (Å²) in [6, 6.07) is 6.33. The number of hydrogen-bond donors (Lipinski definition) is 4. The van der Waals surface area contributed by atoms with Crippen molar-refractivity contribution in [3.8, 4) is 11.3 Å². The van der Waals surface area contributed by atoms with Crippen molar-refractivity contribution in [1.29, 1.82) is 0 Å². The van der Waals surface area contributed by atoms with E-state index in [9.17, 15) is 28.5 Å². The van der Waals surface area contributed by atoms with Gasteiger partial charge in [-0.2, -0.15) is 3.89 Å². The van der Waals surface area contributed by atoms with Crippen LogP contribution in [0.2, 0.25) is 0 Å². The van der Waals surface area contributed by atoms with Crippen LogP contribution in [0.25, 0.3) is 11.3 Å². The van der Waals surface area contributed by atoms with Crippen molar-refractivity contribution >= 4 is 35.7 Å². The number of aliphatic hydroxyl groups excluding tert-OH is 2. The number of β-amino-alcohol motifs (C(OH)–C–C–N with tert-alkyl or cyclic N) is 1. The Kier molecular flexibility index (Phi) is 18.6. The highest BCUT2D eigenvalue weighted by Gasteiger charge is 2.59. The van der Waals surface area contributed by atoms with Gasteiger partial charge in [-0.05, 0) is 97.7 Å². The van der Waals surface area contributed by atoms with Gasteiger partial charge in [0.1, 0.15) is 23.8 Å². The SMILES string of the molecule is CC[C@H]1OC(=O)[C@H](C)C(=O)[C@H](C)[C@@H](O[C@@H]2OC(C)CC(N3CC[C@H](O)C3)C2O)[C@](C)(OC)C[C@@H](C)CN[C@H](C)[C@H]2N(CCCCn3cc(-c4cccc(N)c4)nn3)C(=O)O[C@]12C.CSF. The zero-order valence-electron chi connectivity index (χ0n) is 39.9. The summed E-state index contributed by atoms with van der Waals surface area (Å²) in [5, 5.41) is 34.3. The Morgan fingerprint density at radius 2 is 1.80 bits per heavy atom. The van der Waals surface area contributed by atoms with Crippen LogP contribution in [-0.2, 0) is 39.8 Å². The van der Waals surface area contributed by atoms with E-state index in [4.69, 9.17) is 29.4 Å². The van der Waals surface area contributed by atoms with E-state index in [-0.39, 0.29) is 36.3 Å². The first-order valence-electron chi connectivity index (χ1n) is 23.1. The number of nitrogens with two attached hydrogens (primary N) is 1. The number of hydrogen-bond acceptors (Lipinski definition) is 16. The highest BCUT2D eigenvalue weighted by molar-refractivity contribution is 7.93. The number of aromatic nitrogens is 3. The lowest BCUT2D eigenvalue weighted by Crippen LogP contribution is -2.61. The van der Waals surface area contributed by atoms with Crippen LogP contribution in [0.3, 0.4) is 0 Å². The van der Waals surface area contributed by atoms with Crippen LogP contribution in [0.15, 0.2) is 30.5 Å². The zero-order valence-corrected chi connectivity index (χ0v) is 40.7. The lowest BCUT2D eigenvalue weighted by molar-refractivity contribution is -0.296. The molecule has 0 aliphatic carbocycles. The van der Waals surface area contributed by atoms with Gasteiger partial charge < -0.3 is 44.9 Å². The van der Waals surface area contributed by atoms with Gasteiger partial charge in [-0.25, -0.2) is 4.79 Å². The Hall–Kier alpha value is -3.43. The number of rotatable bonds is 11. The first-order valence-corrected chi connectivity index (χ1v) is 24.3. The number of benzene rings is 1. The summed E-state index contributed by atoms with van der Waals surface area (Å²) in [4.78, 5) is 46.2. The van der Waals surface area contributed by atoms with Gasteiger partial charge >= 0.3 is 12.1 Å². The predicted molar refractivity (Wildman–Crippen MR) is 245 cm³/mol. The van der Waals surface area contributed by atoms with Crippen molar-refractivity contribution in [3.05, 3.63) is 30.5 Å². The summed E-state index contributed by atoms with van der Waals surface area (Å²) in [5.41, 5.74) is 5.89. The van der Waals surface area contributed by atoms with Crippen LogP contribution >= 0.6 is 12.1 Å². The number of nitrogen functional groups attached to an aromatic ring is 1. The normalized spacial score (nSPS) is 36.5. The number of aliphatic hydroxyl groups is 2. The number of esters is 1. The Morgan fingerprint density at radius 3 is 2.45 bits per heavy atom. The third kappa shape index (κ3) is 12.4. The second kappa shape index (κ2) is 23.0. The maximum atomic E-state index is 14.5. The zero-order chi connectivity index (χ0) is 47.8. The van der Waals surface area contributed by atoms with E-state index in [0.717, 1.165) is 11.3 Å². The Morgan fingerprint density at radius 1 is 1.09 bits per heavy atom. The minimum absolute atomic E-state index is 0.0363. The van der Waals surface area contributed by atoms with Gasteiger partial charge in [-0.1, -0.05) is 38.1 Å². The van der Waals surface area contributed by atoms with Gasteiger partial charge in [-0.15, -0.1) is 5.10 Å². The first-order chi connectivity index (χ1) is 30.8. The molecule has 0 bridgehead atoms. The Labute approximate surface area is 388 Å². The molecule has 4 aliphatic heterocycles. The van der Waals surface area contributed by atoms with Crippen LogP contribution in [0.4, 0.5) is 14.4 Å². The lowest BCUT2D eigenvalue weighted by atomic mass is 9.78. The number of aryl methyl sites for hydroxylation is 1. The molecule has 3 unspecified atom stereocenters. The molecule has 4 fully saturated rings. The Balaban J connectivity index is 0.00000257. The first kappa shape index (κ1) is 52.5. The average Bonchev–Trinajstić information content (AvgIpc) is 3.99. The molecule has 1 amide bonds. The predicted octanol–water partition coefficient (Wildman–Crippen LogP) is 5.02. The molecular weight excluding hydrogens is 862 g/mol. The standard InChI is InChI=1S/C45H71N7O10.CH3FS/c1-10-36-45(8)39(52(43(57)62-45)18-12-11-17-51-25-34(48-49-51)31-14-13-15-32(46)21-31)30(6)47-23-26(2)22-44(7,58-9)40(28(4)37(54)29(5)41(56)60-36)61-42-38(55)35(20-27(3)59-42)50-19-16-33(53)24-50;1-3-2/h13-15,21,25-30,33,35-36,38-40,42,47,53,55H,10-12,16-20,22-24,46H2,1-9H3;1H3/t26-,27?,28+,29-,30-,33+,35?,36-,38?,39-,40-,42+,44-,45-;/m1./s1. The molecule has 0 spiro atoms. The fourth-order valence-electron chi connectivity index (χ4n) is 10.4. The quantitative estimate of drug-likeness (QED) is 0.101. The number of nitrogens with one attached hydrogen (secondary N) is 1. The number of cyclic esters (lactones) is 1. The lowest BCUT2D eigenvalue weighted by Gasteiger charge is -2.47. The number of halogens is 1. The average molecular weight is 936 g/mol. The molecular formula is C46H74FN7O10S. The van der Waals surface area contributed by atoms with E-state index in [1.807, 2.05) is 65.1 Å². The summed E-state index contributed by atoms with van der Waals surface area (Å²) in [6.45, 7) is 17.4. The minimum atomic E-state index is -1.25. The molecule has 1 aromatic heterocycles. The van der Waals surface area contributed by atoms with E-state index in [1.54, 1.807) is 23.6 Å². The molecule has 4 saturated heterocycles. The minimum Gasteiger partial charge on any atom is -0.458 e. The van der Waals surface area contributed by atoms with E-state index in [0.29, 0.717) is 76.9 Å². The molecule has 2 aromatic rings. The molecule has 17 nitrogen and oxygen atoms in total. The van der Waals surface area contributed by atoms with Gasteiger partial charge in [0, 0.05) is 80.9 Å². The highest BCUT2D eigenvalue weighted by Crippen LogP contribution is 2.40. The van der Waals surface area contributed by atoms with E-state index in [1.165, 1.54) is 13.2 Å². The summed E-state index contributed by atoms with van der Waals surface area (Å²) in [5.74, 6) is -3.28. The number of amides is 1. The van der Waals surface area contributed by atoms with Crippen LogP contribution in [0.1, 0.15) is 93.9 Å². The number of ether oxygens (including phenoxy) is 5. The molecule has 0 saturated carbocycles. The third-order valence-corrected chi connectivity index (χ3v) is 13.8. The van der Waals surface area contributed by atoms with Crippen LogP contribution in [-0.4, -0.2) is 159 Å². The van der Waals surface area contributed by atoms with Crippen LogP contribution in [0, 0.1) is 17.8 Å². The van der Waals surface area contributed by atoms with Crippen molar-refractivity contribution in [2.45, 2.75) is 167 Å². The summed E-state index contributed by atoms with van der Waals surface area (Å²) in [6.07, 6.45) is 1.36. The molecule has 65 heavy (non-hydrogen) atoms. The summed E-state index contributed by atoms with van der Waals surface area (Å²) < 4.78 is 43.7. The number of anilines is 1. The molecule has 5 N–H and O–H groups in total. The maximum Gasteiger partial charge on any atom is 0.410 e. The van der Waals surface area contributed by atoms with Crippen molar-refractivity contribution < 1.29 is 52.2 Å². The van der Waals surface area contributed by atoms with Gasteiger partial charge in [0.05, 0.1) is 36.2 Å². The summed E-state index contributed by atoms with van der Waals surface area (Å²) >= 11 is 0.250. The molecule has 1 aromatic carbocycles. The number of carbonyl (C=O) groups is 3. The van der Waals surface area contributed by atoms with Gasteiger partial charge in [0.25, 0.3) is 0 Å². The summed E-state index contributed by atoms with van der Waals surface area (Å²) in [7, 11) is 1.58. The van der Waals surface area contributed by atoms with Crippen molar-refractivity contribution in [2.24, 2.45) is 17.8 Å². The molecule has 366 valence electrons. The molecule has 19 heteroatoms. The fraction of sp³-hybridized carbons (Fsp3) is 0.761. The molecule has 6 rings (SSSR count). The van der Waals surface area contributed by atoms with Crippen molar-refractivity contribution in [1.82, 2.24) is 30.1 Å². The number of nitrogens with zero attached hydrogens (tertiary/aromatic N) is 5. The molecule has 0 radical (unpaired) electrons. The van der Waals surface area contributed by atoms with Gasteiger partial charge in [0.15, 0.2) is 17.7 Å². The fourth-order valence-corrected chi connectivity index (χ4v) is 10.4. The largest absolute Gasteiger partial charge is 0.458 e. The Bertz CT molecular complexity index is 1880. The van der Waals surface area contributed by atoms with E-state index < -0.39 is 77.6 Å². The van der Waals surface area contributed by atoms with Crippen molar-refractivity contribution in [3.63, 3.8) is 0 Å². The number of methoxy groups -OCH3 is 1. The maximum absolute atomic E-state index is 14.5. The third-order valence-electron chi connectivity index (χ3n) is 13.8. The smallest absolute Gasteiger partial charge is 0.410 e. The number of likely N-dealkylation sites (tertiary alicyclic amines) is 1. The monoisotopic (exact) mass is 936 g/mol. The molecule has 4 aliphatic rings. The number of unbranched alkanes of at least 4 members (excludes halogenated alkanes) is 1. The van der Waals surface area contributed by atoms with E-state index in [2.05, 4.69) is 27.5 Å². The topological polar surface area (TPSA) is 213 Å². The second-order valence-corrected chi connectivity index (χ2v) is 19.2. The number of carbonyl (C=O) groups excluding carboxylic acids is 3. The number of Topliss-reactive ketones (excluding diaryl/α,β-unsaturated/α-hetero) is 1. The highest BCUT2D eigenvalue weighted by atomic mass is 32.2. The van der Waals surface area contributed by atoms with Gasteiger partial charge in [0.2, 0.25) is 0 Å².